The third-order valence-electron chi connectivity index (χ3n) is 3.14. The molecule has 0 saturated heterocycles. The molecule has 0 heterocycles. The first-order valence-corrected chi connectivity index (χ1v) is 7.55. The summed E-state index contributed by atoms with van der Waals surface area (Å²) in [4.78, 5) is 23.4. The topological polar surface area (TPSA) is 75.6 Å². The highest BCUT2D eigenvalue weighted by molar-refractivity contribution is 8.00. The fourth-order valence-electron chi connectivity index (χ4n) is 1.36. The summed E-state index contributed by atoms with van der Waals surface area (Å²) in [6, 6.07) is -0.607. The summed E-state index contributed by atoms with van der Waals surface area (Å²) in [5.41, 5.74) is 0. The number of rotatable bonds is 8. The number of hydrogen-bond donors (Lipinski definition) is 2. The van der Waals surface area contributed by atoms with Crippen molar-refractivity contribution in [2.45, 2.75) is 51.5 Å². The summed E-state index contributed by atoms with van der Waals surface area (Å²) < 4.78 is 4.70. The number of amides is 1. The van der Waals surface area contributed by atoms with Crippen molar-refractivity contribution in [3.05, 3.63) is 0 Å². The second-order valence-corrected chi connectivity index (χ2v) is 6.08. The Bertz CT molecular complexity index is 296. The predicted molar refractivity (Wildman–Crippen MR) is 77.0 cm³/mol. The van der Waals surface area contributed by atoms with Crippen molar-refractivity contribution in [1.82, 2.24) is 5.32 Å². The van der Waals surface area contributed by atoms with Crippen molar-refractivity contribution >= 4 is 23.6 Å². The zero-order valence-corrected chi connectivity index (χ0v) is 13.1. The number of esters is 1. The average molecular weight is 291 g/mol. The molecule has 112 valence electrons. The Hall–Kier alpha value is -0.750. The molecule has 0 aliphatic heterocycles. The molecule has 0 bridgehead atoms. The summed E-state index contributed by atoms with van der Waals surface area (Å²) in [7, 11) is 1.31. The maximum absolute atomic E-state index is 11.8. The first-order chi connectivity index (χ1) is 8.83. The lowest BCUT2D eigenvalue weighted by Gasteiger charge is -2.22. The Morgan fingerprint density at radius 1 is 1.32 bits per heavy atom. The van der Waals surface area contributed by atoms with Crippen molar-refractivity contribution in [2.75, 3.05) is 12.9 Å². The average Bonchev–Trinajstić information content (AvgIpc) is 2.39. The summed E-state index contributed by atoms with van der Waals surface area (Å²) in [5, 5.41) is 12.0. The van der Waals surface area contributed by atoms with Crippen molar-refractivity contribution in [2.24, 2.45) is 5.92 Å². The van der Waals surface area contributed by atoms with Crippen LogP contribution in [-0.4, -0.2) is 47.2 Å². The molecule has 0 spiro atoms. The standard InChI is InChI=1S/C13H25NO4S/c1-6-8(2)12(13(17)18-5)14-11(16)7-19-10(4)9(3)15/h8-10,12,15H,6-7H2,1-5H3,(H,14,16). The number of carbonyl (C=O) groups is 2. The van der Waals surface area contributed by atoms with Crippen LogP contribution in [0.4, 0.5) is 0 Å². The molecule has 5 nitrogen and oxygen atoms in total. The van der Waals surface area contributed by atoms with Gasteiger partial charge in [-0.05, 0) is 12.8 Å². The maximum atomic E-state index is 11.8. The SMILES string of the molecule is CCC(C)C(NC(=O)CSC(C)C(C)O)C(=O)OC. The van der Waals surface area contributed by atoms with Crippen LogP contribution in [0.15, 0.2) is 0 Å². The van der Waals surface area contributed by atoms with Crippen LogP contribution in [0.2, 0.25) is 0 Å². The number of aliphatic hydroxyl groups is 1. The van der Waals surface area contributed by atoms with Crippen molar-refractivity contribution in [1.29, 1.82) is 0 Å². The molecule has 2 N–H and O–H groups in total. The van der Waals surface area contributed by atoms with E-state index in [1.165, 1.54) is 18.9 Å². The minimum Gasteiger partial charge on any atom is -0.467 e. The maximum Gasteiger partial charge on any atom is 0.328 e. The molecule has 0 aliphatic carbocycles. The van der Waals surface area contributed by atoms with E-state index in [2.05, 4.69) is 5.32 Å². The molecule has 0 fully saturated rings. The molecule has 0 saturated carbocycles. The number of ether oxygens (including phenoxy) is 1. The lowest BCUT2D eigenvalue weighted by Crippen LogP contribution is -2.46. The van der Waals surface area contributed by atoms with Crippen LogP contribution >= 0.6 is 11.8 Å². The predicted octanol–water partition coefficient (Wildman–Crippen LogP) is 1.19. The van der Waals surface area contributed by atoms with E-state index < -0.39 is 18.1 Å². The van der Waals surface area contributed by atoms with Crippen LogP contribution in [0.3, 0.4) is 0 Å². The molecule has 19 heavy (non-hydrogen) atoms. The Morgan fingerprint density at radius 3 is 2.32 bits per heavy atom. The number of aliphatic hydroxyl groups excluding tert-OH is 1. The van der Waals surface area contributed by atoms with Crippen molar-refractivity contribution in [3.63, 3.8) is 0 Å². The van der Waals surface area contributed by atoms with Crippen molar-refractivity contribution in [3.8, 4) is 0 Å². The van der Waals surface area contributed by atoms with E-state index in [-0.39, 0.29) is 22.8 Å². The molecule has 0 rings (SSSR count). The van der Waals surface area contributed by atoms with E-state index in [0.29, 0.717) is 0 Å². The molecule has 4 unspecified atom stereocenters. The second kappa shape index (κ2) is 9.20. The molecule has 6 heteroatoms. The minimum atomic E-state index is -0.607. The van der Waals surface area contributed by atoms with Crippen LogP contribution in [-0.2, 0) is 14.3 Å². The fraction of sp³-hybridized carbons (Fsp3) is 0.846. The summed E-state index contributed by atoms with van der Waals surface area (Å²) >= 11 is 1.36. The molecule has 0 radical (unpaired) electrons. The number of carbonyl (C=O) groups excluding carboxylic acids is 2. The van der Waals surface area contributed by atoms with Gasteiger partial charge in [0.05, 0.1) is 19.0 Å². The van der Waals surface area contributed by atoms with E-state index in [9.17, 15) is 14.7 Å². The molecule has 0 aromatic rings. The van der Waals surface area contributed by atoms with Crippen LogP contribution in [0.1, 0.15) is 34.1 Å². The molecular weight excluding hydrogens is 266 g/mol. The molecule has 4 atom stereocenters. The number of thioether (sulfide) groups is 1. The van der Waals surface area contributed by atoms with Gasteiger partial charge in [0.2, 0.25) is 5.91 Å². The van der Waals surface area contributed by atoms with Gasteiger partial charge in [0.1, 0.15) is 6.04 Å². The lowest BCUT2D eigenvalue weighted by atomic mass is 9.99. The number of nitrogens with one attached hydrogen (secondary N) is 1. The lowest BCUT2D eigenvalue weighted by molar-refractivity contribution is -0.146. The van der Waals surface area contributed by atoms with Gasteiger partial charge in [0.25, 0.3) is 0 Å². The van der Waals surface area contributed by atoms with Crippen molar-refractivity contribution < 1.29 is 19.4 Å². The van der Waals surface area contributed by atoms with Gasteiger partial charge in [-0.2, -0.15) is 0 Å². The highest BCUT2D eigenvalue weighted by Crippen LogP contribution is 2.14. The second-order valence-electron chi connectivity index (χ2n) is 4.71. The van der Waals surface area contributed by atoms with E-state index >= 15 is 0 Å². The zero-order chi connectivity index (χ0) is 15.0. The first-order valence-electron chi connectivity index (χ1n) is 6.50. The third kappa shape index (κ3) is 6.82. The summed E-state index contributed by atoms with van der Waals surface area (Å²) in [6.45, 7) is 7.39. The summed E-state index contributed by atoms with van der Waals surface area (Å²) in [5.74, 6) is -0.393. The van der Waals surface area contributed by atoms with Gasteiger partial charge in [0, 0.05) is 5.25 Å². The van der Waals surface area contributed by atoms with Crippen LogP contribution in [0.5, 0.6) is 0 Å². The van der Waals surface area contributed by atoms with Gasteiger partial charge in [-0.25, -0.2) is 4.79 Å². The Kier molecular flexibility index (Phi) is 8.84. The van der Waals surface area contributed by atoms with Crippen LogP contribution in [0, 0.1) is 5.92 Å². The quantitative estimate of drug-likeness (QED) is 0.657. The Balaban J connectivity index is 4.36. The van der Waals surface area contributed by atoms with Crippen LogP contribution in [0.25, 0.3) is 0 Å². The van der Waals surface area contributed by atoms with Gasteiger partial charge in [-0.3, -0.25) is 4.79 Å². The Morgan fingerprint density at radius 2 is 1.89 bits per heavy atom. The molecular formula is C13H25NO4S. The molecule has 0 aromatic heterocycles. The highest BCUT2D eigenvalue weighted by Gasteiger charge is 2.26. The van der Waals surface area contributed by atoms with Gasteiger partial charge < -0.3 is 15.2 Å². The first kappa shape index (κ1) is 18.2. The monoisotopic (exact) mass is 291 g/mol. The van der Waals surface area contributed by atoms with E-state index in [4.69, 9.17) is 4.74 Å². The normalized spacial score (nSPS) is 17.2. The van der Waals surface area contributed by atoms with E-state index in [1.807, 2.05) is 20.8 Å². The number of methoxy groups -OCH3 is 1. The van der Waals surface area contributed by atoms with E-state index in [1.54, 1.807) is 6.92 Å². The van der Waals surface area contributed by atoms with Gasteiger partial charge in [0.15, 0.2) is 0 Å². The molecule has 0 aromatic carbocycles. The summed E-state index contributed by atoms with van der Waals surface area (Å²) in [6.07, 6.45) is 0.306. The minimum absolute atomic E-state index is 0.0223. The van der Waals surface area contributed by atoms with E-state index in [0.717, 1.165) is 6.42 Å². The smallest absolute Gasteiger partial charge is 0.328 e. The van der Waals surface area contributed by atoms with Gasteiger partial charge in [-0.15, -0.1) is 11.8 Å². The highest BCUT2D eigenvalue weighted by atomic mass is 32.2. The molecule has 1 amide bonds. The van der Waals surface area contributed by atoms with Gasteiger partial charge in [-0.1, -0.05) is 27.2 Å². The Labute approximate surface area is 119 Å². The van der Waals surface area contributed by atoms with Crippen LogP contribution < -0.4 is 5.32 Å². The third-order valence-corrected chi connectivity index (χ3v) is 4.49. The fourth-order valence-corrected chi connectivity index (χ4v) is 2.13. The number of hydrogen-bond acceptors (Lipinski definition) is 5. The zero-order valence-electron chi connectivity index (χ0n) is 12.3. The largest absolute Gasteiger partial charge is 0.467 e. The van der Waals surface area contributed by atoms with Gasteiger partial charge >= 0.3 is 5.97 Å². The molecule has 0 aliphatic rings.